The van der Waals surface area contributed by atoms with Gasteiger partial charge in [-0.15, -0.1) is 5.10 Å². The minimum Gasteiger partial charge on any atom is -0.337 e. The Morgan fingerprint density at radius 1 is 1.18 bits per heavy atom. The predicted molar refractivity (Wildman–Crippen MR) is 62.4 cm³/mol. The third-order valence-electron chi connectivity index (χ3n) is 3.48. The molecule has 1 aromatic rings. The van der Waals surface area contributed by atoms with Crippen LogP contribution in [0.15, 0.2) is 17.3 Å². The molecule has 1 aliphatic carbocycles. The van der Waals surface area contributed by atoms with Gasteiger partial charge in [0.1, 0.15) is 0 Å². The fourth-order valence-corrected chi connectivity index (χ4v) is 2.36. The number of aromatic nitrogens is 3. The van der Waals surface area contributed by atoms with E-state index in [-0.39, 0.29) is 5.91 Å². The van der Waals surface area contributed by atoms with E-state index in [0.717, 1.165) is 25.9 Å². The van der Waals surface area contributed by atoms with E-state index < -0.39 is 0 Å². The SMILES string of the molecule is Cn1cc(C(=O)N2CCC(=C3CC3)CC2)nn1. The molecule has 0 atom stereocenters. The van der Waals surface area contributed by atoms with Gasteiger partial charge in [-0.25, -0.2) is 0 Å². The van der Waals surface area contributed by atoms with Crippen molar-refractivity contribution in [1.29, 1.82) is 0 Å². The Hall–Kier alpha value is -1.65. The van der Waals surface area contributed by atoms with Gasteiger partial charge in [0.2, 0.25) is 0 Å². The second-order valence-corrected chi connectivity index (χ2v) is 4.78. The summed E-state index contributed by atoms with van der Waals surface area (Å²) in [5.74, 6) is 0.0120. The van der Waals surface area contributed by atoms with Crippen LogP contribution in [0, 0.1) is 0 Å². The third kappa shape index (κ3) is 2.09. The van der Waals surface area contributed by atoms with Gasteiger partial charge in [-0.05, 0) is 25.7 Å². The van der Waals surface area contributed by atoms with Crippen molar-refractivity contribution in [1.82, 2.24) is 19.9 Å². The fraction of sp³-hybridized carbons (Fsp3) is 0.583. The quantitative estimate of drug-likeness (QED) is 0.682. The van der Waals surface area contributed by atoms with Crippen LogP contribution in [0.3, 0.4) is 0 Å². The fourth-order valence-electron chi connectivity index (χ4n) is 2.36. The first-order valence-electron chi connectivity index (χ1n) is 6.09. The first-order valence-corrected chi connectivity index (χ1v) is 6.09. The number of hydrogen-bond donors (Lipinski definition) is 0. The van der Waals surface area contributed by atoms with Gasteiger partial charge in [0.15, 0.2) is 5.69 Å². The minimum atomic E-state index is 0.0120. The van der Waals surface area contributed by atoms with Crippen LogP contribution in [0.5, 0.6) is 0 Å². The molecule has 3 rings (SSSR count). The monoisotopic (exact) mass is 232 g/mol. The smallest absolute Gasteiger partial charge is 0.276 e. The Morgan fingerprint density at radius 2 is 1.82 bits per heavy atom. The molecule has 1 aromatic heterocycles. The Labute approximate surface area is 100 Å². The largest absolute Gasteiger partial charge is 0.337 e. The number of likely N-dealkylation sites (tertiary alicyclic amines) is 1. The molecule has 2 fully saturated rings. The van der Waals surface area contributed by atoms with E-state index in [2.05, 4.69) is 10.3 Å². The van der Waals surface area contributed by atoms with Gasteiger partial charge in [-0.2, -0.15) is 0 Å². The topological polar surface area (TPSA) is 51.0 Å². The molecule has 90 valence electrons. The van der Waals surface area contributed by atoms with E-state index in [0.29, 0.717) is 5.69 Å². The molecule has 0 aromatic carbocycles. The van der Waals surface area contributed by atoms with E-state index in [4.69, 9.17) is 0 Å². The number of allylic oxidation sites excluding steroid dienone is 1. The van der Waals surface area contributed by atoms with Crippen molar-refractivity contribution >= 4 is 5.91 Å². The highest BCUT2D eigenvalue weighted by molar-refractivity contribution is 5.92. The number of carbonyl (C=O) groups excluding carboxylic acids is 1. The predicted octanol–water partition coefficient (Wildman–Crippen LogP) is 1.14. The summed E-state index contributed by atoms with van der Waals surface area (Å²) in [4.78, 5) is 14.0. The van der Waals surface area contributed by atoms with Crippen molar-refractivity contribution in [2.24, 2.45) is 7.05 Å². The molecule has 1 saturated carbocycles. The zero-order chi connectivity index (χ0) is 11.8. The van der Waals surface area contributed by atoms with Gasteiger partial charge < -0.3 is 4.90 Å². The summed E-state index contributed by atoms with van der Waals surface area (Å²) in [7, 11) is 1.77. The molecule has 2 heterocycles. The average Bonchev–Trinajstić information content (AvgIpc) is 3.11. The number of nitrogens with zero attached hydrogens (tertiary/aromatic N) is 4. The van der Waals surface area contributed by atoms with Crippen LogP contribution in [-0.4, -0.2) is 38.9 Å². The zero-order valence-corrected chi connectivity index (χ0v) is 10.0. The molecule has 0 bridgehead atoms. The highest BCUT2D eigenvalue weighted by Gasteiger charge is 2.25. The number of aryl methyl sites for hydroxylation is 1. The van der Waals surface area contributed by atoms with E-state index >= 15 is 0 Å². The van der Waals surface area contributed by atoms with Crippen LogP contribution in [0.2, 0.25) is 0 Å². The standard InChI is InChI=1S/C12H16N4O/c1-15-8-11(13-14-15)12(17)16-6-4-10(5-7-16)9-2-3-9/h8H,2-7H2,1H3. The normalized spacial score (nSPS) is 19.7. The Balaban J connectivity index is 1.66. The van der Waals surface area contributed by atoms with Crippen molar-refractivity contribution in [2.75, 3.05) is 13.1 Å². The second-order valence-electron chi connectivity index (χ2n) is 4.78. The van der Waals surface area contributed by atoms with Crippen molar-refractivity contribution in [3.8, 4) is 0 Å². The summed E-state index contributed by atoms with van der Waals surface area (Å²) in [5, 5.41) is 7.66. The van der Waals surface area contributed by atoms with Crippen molar-refractivity contribution in [3.63, 3.8) is 0 Å². The lowest BCUT2D eigenvalue weighted by Gasteiger charge is -2.27. The molecule has 2 aliphatic rings. The lowest BCUT2D eigenvalue weighted by atomic mass is 10.0. The summed E-state index contributed by atoms with van der Waals surface area (Å²) >= 11 is 0. The van der Waals surface area contributed by atoms with Crippen LogP contribution in [0.25, 0.3) is 0 Å². The van der Waals surface area contributed by atoms with Gasteiger partial charge >= 0.3 is 0 Å². The average molecular weight is 232 g/mol. The highest BCUT2D eigenvalue weighted by atomic mass is 16.2. The summed E-state index contributed by atoms with van der Waals surface area (Å²) in [6, 6.07) is 0. The molecule has 5 heteroatoms. The Morgan fingerprint density at radius 3 is 2.35 bits per heavy atom. The molecule has 1 aliphatic heterocycles. The van der Waals surface area contributed by atoms with E-state index in [1.807, 2.05) is 4.90 Å². The van der Waals surface area contributed by atoms with E-state index in [1.165, 1.54) is 12.8 Å². The molecule has 0 N–H and O–H groups in total. The van der Waals surface area contributed by atoms with E-state index in [9.17, 15) is 4.79 Å². The van der Waals surface area contributed by atoms with Crippen molar-refractivity contribution in [3.05, 3.63) is 23.0 Å². The lowest BCUT2D eigenvalue weighted by Crippen LogP contribution is -2.36. The Bertz CT molecular complexity index is 472. The van der Waals surface area contributed by atoms with Gasteiger partial charge in [-0.3, -0.25) is 9.48 Å². The van der Waals surface area contributed by atoms with Crippen molar-refractivity contribution in [2.45, 2.75) is 25.7 Å². The summed E-state index contributed by atoms with van der Waals surface area (Å²) in [6.45, 7) is 1.66. The molecular formula is C12H16N4O. The maximum Gasteiger partial charge on any atom is 0.276 e. The summed E-state index contributed by atoms with van der Waals surface area (Å²) in [6.07, 6.45) is 6.33. The van der Waals surface area contributed by atoms with Crippen LogP contribution in [0.1, 0.15) is 36.2 Å². The third-order valence-corrected chi connectivity index (χ3v) is 3.48. The molecule has 0 spiro atoms. The van der Waals surface area contributed by atoms with Gasteiger partial charge in [0, 0.05) is 20.1 Å². The highest BCUT2D eigenvalue weighted by Crippen LogP contribution is 2.36. The second kappa shape index (κ2) is 3.98. The maximum absolute atomic E-state index is 12.1. The first-order chi connectivity index (χ1) is 8.24. The van der Waals surface area contributed by atoms with E-state index in [1.54, 1.807) is 29.1 Å². The lowest BCUT2D eigenvalue weighted by molar-refractivity contribution is 0.0737. The molecule has 0 unspecified atom stereocenters. The number of hydrogen-bond acceptors (Lipinski definition) is 3. The molecule has 1 saturated heterocycles. The first kappa shape index (κ1) is 10.5. The molecule has 17 heavy (non-hydrogen) atoms. The van der Waals surface area contributed by atoms with Gasteiger partial charge in [0.25, 0.3) is 5.91 Å². The Kier molecular flexibility index (Phi) is 2.46. The zero-order valence-electron chi connectivity index (χ0n) is 10.0. The van der Waals surface area contributed by atoms with Crippen LogP contribution >= 0.6 is 0 Å². The number of amides is 1. The number of carbonyl (C=O) groups is 1. The van der Waals surface area contributed by atoms with Gasteiger partial charge in [0.05, 0.1) is 6.20 Å². The minimum absolute atomic E-state index is 0.0120. The van der Waals surface area contributed by atoms with Crippen LogP contribution in [-0.2, 0) is 7.05 Å². The van der Waals surface area contributed by atoms with Crippen LogP contribution < -0.4 is 0 Å². The maximum atomic E-state index is 12.1. The summed E-state index contributed by atoms with van der Waals surface area (Å²) in [5.41, 5.74) is 3.68. The molecule has 1 amide bonds. The number of piperidine rings is 1. The van der Waals surface area contributed by atoms with Crippen LogP contribution in [0.4, 0.5) is 0 Å². The molecule has 0 radical (unpaired) electrons. The molecule has 5 nitrogen and oxygen atoms in total. The summed E-state index contributed by atoms with van der Waals surface area (Å²) < 4.78 is 1.56. The number of rotatable bonds is 1. The van der Waals surface area contributed by atoms with Crippen molar-refractivity contribution < 1.29 is 4.79 Å². The molecular weight excluding hydrogens is 216 g/mol. The van der Waals surface area contributed by atoms with Gasteiger partial charge in [-0.1, -0.05) is 16.4 Å².